The van der Waals surface area contributed by atoms with Gasteiger partial charge in [0.2, 0.25) is 6.79 Å². The van der Waals surface area contributed by atoms with Gasteiger partial charge in [-0.3, -0.25) is 4.90 Å². The normalized spacial score (nSPS) is 17.0. The number of benzene rings is 3. The summed E-state index contributed by atoms with van der Waals surface area (Å²) in [5, 5.41) is 9.57. The molecule has 0 radical (unpaired) electrons. The van der Waals surface area contributed by atoms with Crippen LogP contribution >= 0.6 is 0 Å². The van der Waals surface area contributed by atoms with Gasteiger partial charge in [-0.1, -0.05) is 54.6 Å². The van der Waals surface area contributed by atoms with Crippen molar-refractivity contribution in [1.82, 2.24) is 4.90 Å². The number of fused-ring (bicyclic) bond motifs is 1. The molecule has 0 atom stereocenters. The van der Waals surface area contributed by atoms with Crippen molar-refractivity contribution in [3.63, 3.8) is 0 Å². The zero-order chi connectivity index (χ0) is 27.8. The summed E-state index contributed by atoms with van der Waals surface area (Å²) >= 11 is 0. The molecule has 2 heterocycles. The highest BCUT2D eigenvalue weighted by molar-refractivity contribution is 5.64. The van der Waals surface area contributed by atoms with Crippen molar-refractivity contribution in [2.24, 2.45) is 5.92 Å². The summed E-state index contributed by atoms with van der Waals surface area (Å²) in [5.41, 5.74) is -2.81. The molecule has 0 saturated carbocycles. The minimum absolute atomic E-state index is 0.263. The molecule has 39 heavy (non-hydrogen) atoms. The number of hydrogen-bond acceptors (Lipinski definition) is 4. The van der Waals surface area contributed by atoms with Crippen LogP contribution < -0.4 is 9.47 Å². The molecule has 0 aromatic heterocycles. The quantitative estimate of drug-likeness (QED) is 0.341. The van der Waals surface area contributed by atoms with E-state index in [0.717, 1.165) is 68.1 Å². The zero-order valence-corrected chi connectivity index (χ0v) is 20.9. The van der Waals surface area contributed by atoms with Crippen LogP contribution in [-0.2, 0) is 18.6 Å². The molecule has 4 nitrogen and oxygen atoms in total. The second-order valence-electron chi connectivity index (χ2n) is 10.1. The number of halogens is 6. The average molecular weight is 552 g/mol. The smallest absolute Gasteiger partial charge is 0.430 e. The molecule has 3 aromatic carbocycles. The van der Waals surface area contributed by atoms with Crippen LogP contribution in [0.15, 0.2) is 66.7 Å². The molecular weight excluding hydrogens is 524 g/mol. The highest BCUT2D eigenvalue weighted by Crippen LogP contribution is 2.50. The van der Waals surface area contributed by atoms with Crippen LogP contribution in [0, 0.1) is 5.92 Å². The van der Waals surface area contributed by atoms with Gasteiger partial charge in [-0.2, -0.15) is 26.3 Å². The highest BCUT2D eigenvalue weighted by Gasteiger charge is 2.71. The van der Waals surface area contributed by atoms with Crippen molar-refractivity contribution in [2.45, 2.75) is 43.8 Å². The monoisotopic (exact) mass is 551 g/mol. The number of aliphatic hydroxyl groups is 1. The van der Waals surface area contributed by atoms with Crippen LogP contribution in [0.3, 0.4) is 0 Å². The van der Waals surface area contributed by atoms with E-state index in [1.165, 1.54) is 5.56 Å². The number of nitrogens with zero attached hydrogens (tertiary/aromatic N) is 1. The summed E-state index contributed by atoms with van der Waals surface area (Å²) in [4.78, 5) is 2.37. The lowest BCUT2D eigenvalue weighted by atomic mass is 9.89. The Hall–Kier alpha value is -3.24. The van der Waals surface area contributed by atoms with Gasteiger partial charge >= 0.3 is 12.4 Å². The van der Waals surface area contributed by atoms with Crippen molar-refractivity contribution >= 4 is 0 Å². The molecule has 208 valence electrons. The molecule has 2 aliphatic rings. The molecule has 2 aliphatic heterocycles. The minimum Gasteiger partial charge on any atom is -0.454 e. The lowest BCUT2D eigenvalue weighted by molar-refractivity contribution is -0.376. The third-order valence-electron chi connectivity index (χ3n) is 7.49. The Kier molecular flexibility index (Phi) is 7.28. The fraction of sp³-hybridized carbons (Fsp3) is 0.379. The molecule has 0 bridgehead atoms. The molecule has 1 fully saturated rings. The van der Waals surface area contributed by atoms with Crippen molar-refractivity contribution in [1.29, 1.82) is 0 Å². The van der Waals surface area contributed by atoms with E-state index in [2.05, 4.69) is 17.0 Å². The number of likely N-dealkylation sites (tertiary alicyclic amines) is 1. The summed E-state index contributed by atoms with van der Waals surface area (Å²) < 4.78 is 89.6. The van der Waals surface area contributed by atoms with E-state index in [9.17, 15) is 31.4 Å². The second kappa shape index (κ2) is 10.4. The van der Waals surface area contributed by atoms with Gasteiger partial charge in [-0.15, -0.1) is 0 Å². The number of hydrogen-bond donors (Lipinski definition) is 1. The van der Waals surface area contributed by atoms with Gasteiger partial charge in [0.15, 0.2) is 11.5 Å². The SMILES string of the molecule is OC(c1ccc(-c2ccc(CN3CCC(Cc4ccc5c(c4)OCO5)CC3)cc2)cc1)(C(F)(F)F)C(F)(F)F. The standard InChI is InChI=1S/C29H27F6NO3/c30-28(31,32)27(37,29(33,34)35)24-8-6-23(7-9-24)22-4-1-20(2-5-22)17-36-13-11-19(12-14-36)15-21-3-10-25-26(16-21)39-18-38-25/h1-10,16,19,37H,11-15,17-18H2. The van der Waals surface area contributed by atoms with Gasteiger partial charge in [-0.25, -0.2) is 0 Å². The predicted molar refractivity (Wildman–Crippen MR) is 132 cm³/mol. The Morgan fingerprint density at radius 1 is 0.718 bits per heavy atom. The summed E-state index contributed by atoms with van der Waals surface area (Å²) in [5.74, 6) is 2.17. The van der Waals surface area contributed by atoms with E-state index in [-0.39, 0.29) is 6.79 Å². The van der Waals surface area contributed by atoms with Crippen LogP contribution in [0.1, 0.15) is 29.5 Å². The maximum Gasteiger partial charge on any atom is 0.430 e. The first-order valence-electron chi connectivity index (χ1n) is 12.6. The molecular formula is C29H27F6NO3. The van der Waals surface area contributed by atoms with Gasteiger partial charge < -0.3 is 14.6 Å². The fourth-order valence-electron chi connectivity index (χ4n) is 5.20. The van der Waals surface area contributed by atoms with E-state index >= 15 is 0 Å². The fourth-order valence-corrected chi connectivity index (χ4v) is 5.20. The maximum absolute atomic E-state index is 13.1. The van der Waals surface area contributed by atoms with Crippen LogP contribution in [0.25, 0.3) is 11.1 Å². The molecule has 0 aliphatic carbocycles. The van der Waals surface area contributed by atoms with Crippen LogP contribution in [-0.4, -0.2) is 42.2 Å². The second-order valence-corrected chi connectivity index (χ2v) is 10.1. The van der Waals surface area contributed by atoms with E-state index < -0.39 is 23.5 Å². The van der Waals surface area contributed by atoms with Crippen molar-refractivity contribution in [3.8, 4) is 22.6 Å². The van der Waals surface area contributed by atoms with Crippen LogP contribution in [0.5, 0.6) is 11.5 Å². The molecule has 0 amide bonds. The molecule has 0 unspecified atom stereocenters. The van der Waals surface area contributed by atoms with Crippen LogP contribution in [0.4, 0.5) is 26.3 Å². The first-order chi connectivity index (χ1) is 18.4. The van der Waals surface area contributed by atoms with E-state index in [1.807, 2.05) is 18.2 Å². The van der Waals surface area contributed by atoms with Gasteiger partial charge in [0, 0.05) is 12.1 Å². The van der Waals surface area contributed by atoms with Gasteiger partial charge in [0.25, 0.3) is 5.60 Å². The van der Waals surface area contributed by atoms with E-state index in [0.29, 0.717) is 29.2 Å². The Labute approximate surface area is 221 Å². The third kappa shape index (κ3) is 5.58. The van der Waals surface area contributed by atoms with Crippen molar-refractivity contribution < 1.29 is 40.9 Å². The first kappa shape index (κ1) is 27.3. The number of rotatable bonds is 6. The largest absolute Gasteiger partial charge is 0.454 e. The Morgan fingerprint density at radius 3 is 1.85 bits per heavy atom. The molecule has 10 heteroatoms. The molecule has 5 rings (SSSR count). The lowest BCUT2D eigenvalue weighted by Gasteiger charge is -2.32. The minimum atomic E-state index is -5.91. The van der Waals surface area contributed by atoms with Gasteiger partial charge in [-0.05, 0) is 72.7 Å². The third-order valence-corrected chi connectivity index (χ3v) is 7.49. The van der Waals surface area contributed by atoms with Crippen molar-refractivity contribution in [3.05, 3.63) is 83.4 Å². The van der Waals surface area contributed by atoms with Gasteiger partial charge in [0.05, 0.1) is 0 Å². The van der Waals surface area contributed by atoms with Crippen LogP contribution in [0.2, 0.25) is 0 Å². The Bertz CT molecular complexity index is 1270. The average Bonchev–Trinajstić information content (AvgIpc) is 3.37. The lowest BCUT2D eigenvalue weighted by Crippen LogP contribution is -2.53. The highest BCUT2D eigenvalue weighted by atomic mass is 19.4. The van der Waals surface area contributed by atoms with E-state index in [4.69, 9.17) is 9.47 Å². The number of piperidine rings is 1. The summed E-state index contributed by atoms with van der Waals surface area (Å²) in [6.07, 6.45) is -8.69. The molecule has 1 saturated heterocycles. The molecule has 1 N–H and O–H groups in total. The topological polar surface area (TPSA) is 41.9 Å². The number of alkyl halides is 6. The maximum atomic E-state index is 13.1. The Morgan fingerprint density at radius 2 is 1.26 bits per heavy atom. The van der Waals surface area contributed by atoms with E-state index in [1.54, 1.807) is 12.1 Å². The summed E-state index contributed by atoms with van der Waals surface area (Å²) in [6.45, 7) is 2.93. The van der Waals surface area contributed by atoms with Gasteiger partial charge in [0.1, 0.15) is 0 Å². The molecule has 3 aromatic rings. The zero-order valence-electron chi connectivity index (χ0n) is 20.9. The first-order valence-corrected chi connectivity index (χ1v) is 12.6. The number of ether oxygens (including phenoxy) is 2. The Balaban J connectivity index is 1.17. The van der Waals surface area contributed by atoms with Crippen molar-refractivity contribution in [2.75, 3.05) is 19.9 Å². The predicted octanol–water partition coefficient (Wildman–Crippen LogP) is 6.85. The molecule has 0 spiro atoms. The summed E-state index contributed by atoms with van der Waals surface area (Å²) in [6, 6.07) is 17.1. The summed E-state index contributed by atoms with van der Waals surface area (Å²) in [7, 11) is 0.